The zero-order valence-corrected chi connectivity index (χ0v) is 13.5. The van der Waals surface area contributed by atoms with E-state index in [-0.39, 0.29) is 11.9 Å². The Morgan fingerprint density at radius 2 is 2.10 bits per heavy atom. The van der Waals surface area contributed by atoms with Crippen LogP contribution in [0.3, 0.4) is 0 Å². The lowest BCUT2D eigenvalue weighted by Gasteiger charge is -2.34. The van der Waals surface area contributed by atoms with Gasteiger partial charge in [-0.25, -0.2) is 4.39 Å². The smallest absolute Gasteiger partial charge is 0.128 e. The van der Waals surface area contributed by atoms with Crippen LogP contribution in [0.25, 0.3) is 0 Å². The fraction of sp³-hybridized carbons (Fsp3) is 0.294. The number of rotatable bonds is 3. The molecule has 0 aliphatic carbocycles. The number of nitrogens with zero attached hydrogens (tertiary/aromatic N) is 1. The summed E-state index contributed by atoms with van der Waals surface area (Å²) in [7, 11) is 0. The molecule has 0 amide bonds. The zero-order valence-electron chi connectivity index (χ0n) is 11.9. The monoisotopic (exact) mass is 348 g/mol. The number of hydrogen-bond donors (Lipinski definition) is 1. The third-order valence-corrected chi connectivity index (χ3v) is 4.63. The average molecular weight is 349 g/mol. The number of para-hydroxylation sites is 1. The van der Waals surface area contributed by atoms with Gasteiger partial charge in [-0.3, -0.25) is 0 Å². The fourth-order valence-electron chi connectivity index (χ4n) is 3.22. The summed E-state index contributed by atoms with van der Waals surface area (Å²) in [5.74, 6) is -0.203. The molecular weight excluding hydrogens is 331 g/mol. The Kier molecular flexibility index (Phi) is 4.00. The summed E-state index contributed by atoms with van der Waals surface area (Å²) >= 11 is 3.42. The summed E-state index contributed by atoms with van der Waals surface area (Å²) in [6.45, 7) is 2.55. The molecule has 3 rings (SSSR count). The molecule has 0 saturated heterocycles. The van der Waals surface area contributed by atoms with E-state index in [2.05, 4.69) is 39.9 Å². The first-order chi connectivity index (χ1) is 10.1. The molecule has 4 heteroatoms. The van der Waals surface area contributed by atoms with Crippen molar-refractivity contribution in [1.82, 2.24) is 0 Å². The van der Waals surface area contributed by atoms with Gasteiger partial charge in [0.1, 0.15) is 5.82 Å². The Bertz CT molecular complexity index is 659. The summed E-state index contributed by atoms with van der Waals surface area (Å²) in [5.41, 5.74) is 9.12. The van der Waals surface area contributed by atoms with Gasteiger partial charge in [-0.05, 0) is 43.2 Å². The molecule has 2 atom stereocenters. The van der Waals surface area contributed by atoms with E-state index in [0.29, 0.717) is 18.2 Å². The van der Waals surface area contributed by atoms with Crippen LogP contribution in [0.2, 0.25) is 0 Å². The van der Waals surface area contributed by atoms with Crippen LogP contribution in [-0.4, -0.2) is 12.6 Å². The SMILES string of the molecule is CC1Cc2ccccc2N1C(CN)c1cc(Br)ccc1F. The zero-order chi connectivity index (χ0) is 15.0. The van der Waals surface area contributed by atoms with Crippen molar-refractivity contribution >= 4 is 21.6 Å². The predicted octanol–water partition coefficient (Wildman–Crippen LogP) is 4.04. The maximum Gasteiger partial charge on any atom is 0.128 e. The second kappa shape index (κ2) is 5.78. The van der Waals surface area contributed by atoms with Gasteiger partial charge < -0.3 is 10.6 Å². The Morgan fingerprint density at radius 3 is 2.86 bits per heavy atom. The van der Waals surface area contributed by atoms with Gasteiger partial charge in [0.05, 0.1) is 6.04 Å². The molecule has 0 spiro atoms. The molecule has 1 aliphatic heterocycles. The van der Waals surface area contributed by atoms with E-state index in [1.165, 1.54) is 17.3 Å². The lowest BCUT2D eigenvalue weighted by Crippen LogP contribution is -2.38. The first-order valence-electron chi connectivity index (χ1n) is 7.13. The molecule has 2 N–H and O–H groups in total. The highest BCUT2D eigenvalue weighted by molar-refractivity contribution is 9.10. The minimum Gasteiger partial charge on any atom is -0.360 e. The highest BCUT2D eigenvalue weighted by atomic mass is 79.9. The topological polar surface area (TPSA) is 29.3 Å². The van der Waals surface area contributed by atoms with Crippen LogP contribution in [-0.2, 0) is 6.42 Å². The van der Waals surface area contributed by atoms with E-state index in [9.17, 15) is 4.39 Å². The van der Waals surface area contributed by atoms with E-state index in [0.717, 1.165) is 10.9 Å². The van der Waals surface area contributed by atoms with Gasteiger partial charge in [0, 0.05) is 28.3 Å². The lowest BCUT2D eigenvalue weighted by molar-refractivity contribution is 0.530. The summed E-state index contributed by atoms with van der Waals surface area (Å²) < 4.78 is 15.1. The van der Waals surface area contributed by atoms with Crippen LogP contribution < -0.4 is 10.6 Å². The van der Waals surface area contributed by atoms with Gasteiger partial charge in [-0.1, -0.05) is 34.1 Å². The van der Waals surface area contributed by atoms with Gasteiger partial charge in [-0.15, -0.1) is 0 Å². The van der Waals surface area contributed by atoms with Crippen molar-refractivity contribution in [2.75, 3.05) is 11.4 Å². The summed E-state index contributed by atoms with van der Waals surface area (Å²) in [4.78, 5) is 2.25. The summed E-state index contributed by atoms with van der Waals surface area (Å²) in [6, 6.07) is 13.5. The number of fused-ring (bicyclic) bond motifs is 1. The molecule has 2 aromatic carbocycles. The molecule has 0 bridgehead atoms. The van der Waals surface area contributed by atoms with E-state index in [4.69, 9.17) is 5.73 Å². The Morgan fingerprint density at radius 1 is 1.33 bits per heavy atom. The quantitative estimate of drug-likeness (QED) is 0.906. The number of hydrogen-bond acceptors (Lipinski definition) is 2. The first-order valence-corrected chi connectivity index (χ1v) is 7.92. The molecule has 2 aromatic rings. The minimum atomic E-state index is -0.203. The van der Waals surface area contributed by atoms with Gasteiger partial charge in [0.15, 0.2) is 0 Å². The largest absolute Gasteiger partial charge is 0.360 e. The molecule has 0 fully saturated rings. The number of nitrogens with two attached hydrogens (primary N) is 1. The second-order valence-electron chi connectivity index (χ2n) is 5.51. The third kappa shape index (κ3) is 2.58. The van der Waals surface area contributed by atoms with E-state index >= 15 is 0 Å². The maximum absolute atomic E-state index is 14.3. The van der Waals surface area contributed by atoms with Crippen LogP contribution in [0.1, 0.15) is 24.1 Å². The summed E-state index contributed by atoms with van der Waals surface area (Å²) in [5, 5.41) is 0. The van der Waals surface area contributed by atoms with Crippen LogP contribution in [0.5, 0.6) is 0 Å². The highest BCUT2D eigenvalue weighted by Gasteiger charge is 2.32. The minimum absolute atomic E-state index is 0.152. The summed E-state index contributed by atoms with van der Waals surface area (Å²) in [6.07, 6.45) is 0.974. The van der Waals surface area contributed by atoms with E-state index < -0.39 is 0 Å². The van der Waals surface area contributed by atoms with E-state index in [1.807, 2.05) is 18.2 Å². The molecule has 1 aliphatic rings. The first kappa shape index (κ1) is 14.5. The van der Waals surface area contributed by atoms with Crippen molar-refractivity contribution < 1.29 is 4.39 Å². The molecule has 0 aromatic heterocycles. The molecule has 1 heterocycles. The molecule has 0 saturated carbocycles. The van der Waals surface area contributed by atoms with E-state index in [1.54, 1.807) is 6.07 Å². The van der Waals surface area contributed by atoms with Crippen LogP contribution >= 0.6 is 15.9 Å². The molecular formula is C17H18BrFN2. The van der Waals surface area contributed by atoms with Crippen molar-refractivity contribution in [2.45, 2.75) is 25.4 Å². The number of halogens is 2. The van der Waals surface area contributed by atoms with Crippen LogP contribution in [0.15, 0.2) is 46.9 Å². The van der Waals surface area contributed by atoms with Crippen molar-refractivity contribution in [3.8, 4) is 0 Å². The molecule has 21 heavy (non-hydrogen) atoms. The molecule has 0 radical (unpaired) electrons. The average Bonchev–Trinajstić information content (AvgIpc) is 2.80. The van der Waals surface area contributed by atoms with Gasteiger partial charge in [-0.2, -0.15) is 0 Å². The van der Waals surface area contributed by atoms with Gasteiger partial charge in [0.25, 0.3) is 0 Å². The Hall–Kier alpha value is -1.39. The second-order valence-corrected chi connectivity index (χ2v) is 6.42. The van der Waals surface area contributed by atoms with Crippen LogP contribution in [0, 0.1) is 5.82 Å². The Labute approximate surface area is 132 Å². The number of benzene rings is 2. The highest BCUT2D eigenvalue weighted by Crippen LogP contribution is 2.39. The normalized spacial score (nSPS) is 18.7. The fourth-order valence-corrected chi connectivity index (χ4v) is 3.60. The predicted molar refractivity (Wildman–Crippen MR) is 88.0 cm³/mol. The maximum atomic E-state index is 14.3. The van der Waals surface area contributed by atoms with Crippen molar-refractivity contribution in [3.63, 3.8) is 0 Å². The third-order valence-electron chi connectivity index (χ3n) is 4.14. The standard InChI is InChI=1S/C17H18BrFN2/c1-11-8-12-4-2-3-5-16(12)21(11)17(10-20)14-9-13(18)6-7-15(14)19/h2-7,9,11,17H,8,10,20H2,1H3. The molecule has 2 nitrogen and oxygen atoms in total. The van der Waals surface area contributed by atoms with Crippen LogP contribution in [0.4, 0.5) is 10.1 Å². The number of anilines is 1. The molecule has 110 valence electrons. The Balaban J connectivity index is 2.06. The lowest BCUT2D eigenvalue weighted by atomic mass is 10.0. The van der Waals surface area contributed by atoms with Gasteiger partial charge in [0.2, 0.25) is 0 Å². The van der Waals surface area contributed by atoms with Crippen molar-refractivity contribution in [1.29, 1.82) is 0 Å². The van der Waals surface area contributed by atoms with Crippen molar-refractivity contribution in [3.05, 3.63) is 63.9 Å². The van der Waals surface area contributed by atoms with Crippen molar-refractivity contribution in [2.24, 2.45) is 5.73 Å². The van der Waals surface area contributed by atoms with Gasteiger partial charge >= 0.3 is 0 Å². The molecule has 2 unspecified atom stereocenters.